The van der Waals surface area contributed by atoms with Crippen molar-refractivity contribution in [3.05, 3.63) is 0 Å². The minimum Gasteiger partial charge on any atom is -0.374 e. The lowest BCUT2D eigenvalue weighted by Gasteiger charge is -2.37. The molecule has 1 rings (SSSR count). The van der Waals surface area contributed by atoms with Crippen molar-refractivity contribution < 1.29 is 22.9 Å². The first-order chi connectivity index (χ1) is 21.4. The Balaban J connectivity index is 2.61. The number of rotatable bonds is 29. The Bertz CT molecular complexity index is 693. The van der Waals surface area contributed by atoms with E-state index in [1.54, 1.807) is 23.5 Å². The lowest BCUT2D eigenvalue weighted by atomic mass is 9.71. The average molecular weight is 675 g/mol. The Kier molecular flexibility index (Phi) is 27.0. The molecule has 0 N–H and O–H groups in total. The lowest BCUT2D eigenvalue weighted by Crippen LogP contribution is -2.46. The van der Waals surface area contributed by atoms with Gasteiger partial charge in [-0.1, -0.05) is 108 Å². The molecule has 1 fully saturated rings. The fourth-order valence-electron chi connectivity index (χ4n) is 6.69. The van der Waals surface area contributed by atoms with E-state index in [1.807, 2.05) is 20.8 Å². The van der Waals surface area contributed by atoms with Crippen LogP contribution in [-0.2, 0) is 22.9 Å². The maximum absolute atomic E-state index is 12.6. The Morgan fingerprint density at radius 1 is 0.591 bits per heavy atom. The summed E-state index contributed by atoms with van der Waals surface area (Å²) in [5.74, 6) is 3.81. The highest BCUT2D eigenvalue weighted by atomic mass is 32.2. The van der Waals surface area contributed by atoms with Crippen LogP contribution in [0.3, 0.4) is 0 Å². The molecule has 3 unspecified atom stereocenters. The predicted molar refractivity (Wildman–Crippen MR) is 195 cm³/mol. The second kappa shape index (κ2) is 28.2. The summed E-state index contributed by atoms with van der Waals surface area (Å²) in [7, 11) is -2.63. The molecule has 0 aliphatic heterocycles. The van der Waals surface area contributed by atoms with Crippen molar-refractivity contribution in [2.45, 2.75) is 169 Å². The standard InChI is InChI=1S/C36H70O5S2Si/c1-6-11-13-15-17-19-21-35(37)42-28-25-33-24-23-32(27-30-44(39-8-3,40-9-4)41-10-5)31-34(33)26-29-43-36(38)22-20-18-16-14-12-7-2/h32-34H,6-31H2,1-5H3. The van der Waals surface area contributed by atoms with Gasteiger partial charge in [0.05, 0.1) is 0 Å². The highest BCUT2D eigenvalue weighted by Crippen LogP contribution is 2.42. The monoisotopic (exact) mass is 674 g/mol. The number of carbonyl (C=O) groups excluding carboxylic acids is 2. The van der Waals surface area contributed by atoms with Crippen molar-refractivity contribution in [2.24, 2.45) is 17.8 Å². The summed E-state index contributed by atoms with van der Waals surface area (Å²) < 4.78 is 18.4. The first-order valence-electron chi connectivity index (χ1n) is 18.7. The minimum absolute atomic E-state index is 0.376. The molecule has 0 amide bonds. The Morgan fingerprint density at radius 2 is 1.05 bits per heavy atom. The van der Waals surface area contributed by atoms with Crippen LogP contribution in [0.4, 0.5) is 0 Å². The van der Waals surface area contributed by atoms with E-state index >= 15 is 0 Å². The molecule has 260 valence electrons. The van der Waals surface area contributed by atoms with E-state index in [-0.39, 0.29) is 0 Å². The van der Waals surface area contributed by atoms with Gasteiger partial charge in [-0.2, -0.15) is 0 Å². The molecule has 1 aliphatic rings. The van der Waals surface area contributed by atoms with Gasteiger partial charge in [-0.25, -0.2) is 0 Å². The van der Waals surface area contributed by atoms with Gasteiger partial charge < -0.3 is 13.3 Å². The molecule has 8 heteroatoms. The third-order valence-corrected chi connectivity index (χ3v) is 14.2. The fourth-order valence-corrected chi connectivity index (χ4v) is 11.3. The molecule has 5 nitrogen and oxygen atoms in total. The van der Waals surface area contributed by atoms with Crippen LogP contribution in [0, 0.1) is 17.8 Å². The van der Waals surface area contributed by atoms with Gasteiger partial charge in [-0.05, 0) is 83.5 Å². The number of carbonyl (C=O) groups is 2. The molecule has 1 saturated carbocycles. The predicted octanol–water partition coefficient (Wildman–Crippen LogP) is 11.3. The molecule has 0 aromatic heterocycles. The van der Waals surface area contributed by atoms with E-state index in [4.69, 9.17) is 13.3 Å². The van der Waals surface area contributed by atoms with Gasteiger partial charge in [0.1, 0.15) is 0 Å². The van der Waals surface area contributed by atoms with E-state index in [1.165, 1.54) is 83.5 Å². The average Bonchev–Trinajstić information content (AvgIpc) is 3.01. The largest absolute Gasteiger partial charge is 0.500 e. The molecule has 44 heavy (non-hydrogen) atoms. The molecule has 0 aromatic carbocycles. The number of unbranched alkanes of at least 4 members (excludes halogenated alkanes) is 10. The van der Waals surface area contributed by atoms with Gasteiger partial charge in [0.15, 0.2) is 10.2 Å². The first-order valence-corrected chi connectivity index (χ1v) is 22.6. The Labute approximate surface area is 282 Å². The summed E-state index contributed by atoms with van der Waals surface area (Å²) in [5.41, 5.74) is 0. The lowest BCUT2D eigenvalue weighted by molar-refractivity contribution is -0.111. The van der Waals surface area contributed by atoms with Crippen LogP contribution < -0.4 is 0 Å². The summed E-state index contributed by atoms with van der Waals surface area (Å²) in [6.07, 6.45) is 23.2. The molecule has 0 spiro atoms. The quantitative estimate of drug-likeness (QED) is 0.0578. The van der Waals surface area contributed by atoms with Crippen molar-refractivity contribution in [3.8, 4) is 0 Å². The van der Waals surface area contributed by atoms with Gasteiger partial charge in [0.2, 0.25) is 0 Å². The van der Waals surface area contributed by atoms with Crippen LogP contribution in [0.1, 0.15) is 163 Å². The van der Waals surface area contributed by atoms with Crippen molar-refractivity contribution in [2.75, 3.05) is 31.3 Å². The normalized spacial score (nSPS) is 19.0. The zero-order valence-corrected chi connectivity index (χ0v) is 32.1. The van der Waals surface area contributed by atoms with Gasteiger partial charge in [-0.15, -0.1) is 0 Å². The second-order valence-electron chi connectivity index (χ2n) is 12.8. The fraction of sp³-hybridized carbons (Fsp3) is 0.944. The molecule has 1 aliphatic carbocycles. The molecule has 0 radical (unpaired) electrons. The van der Waals surface area contributed by atoms with Crippen LogP contribution in [-0.4, -0.2) is 50.4 Å². The van der Waals surface area contributed by atoms with Crippen molar-refractivity contribution in [1.29, 1.82) is 0 Å². The van der Waals surface area contributed by atoms with Gasteiger partial charge in [0, 0.05) is 50.2 Å². The summed E-state index contributed by atoms with van der Waals surface area (Å²) >= 11 is 3.15. The molecule has 0 aromatic rings. The van der Waals surface area contributed by atoms with Crippen LogP contribution in [0.5, 0.6) is 0 Å². The molecule has 0 heterocycles. The number of thioether (sulfide) groups is 2. The number of hydrogen-bond acceptors (Lipinski definition) is 7. The topological polar surface area (TPSA) is 61.8 Å². The molecule has 0 saturated heterocycles. The summed E-state index contributed by atoms with van der Waals surface area (Å²) in [5, 5.41) is 0.756. The first kappa shape index (κ1) is 42.2. The number of hydrogen-bond donors (Lipinski definition) is 0. The molecular formula is C36H70O5S2Si. The Hall–Kier alpha value is 0.137. The molecule has 0 bridgehead atoms. The summed E-state index contributed by atoms with van der Waals surface area (Å²) in [6, 6.07) is 0.888. The van der Waals surface area contributed by atoms with Crippen LogP contribution in [0.2, 0.25) is 6.04 Å². The van der Waals surface area contributed by atoms with Crippen molar-refractivity contribution in [1.82, 2.24) is 0 Å². The van der Waals surface area contributed by atoms with Crippen molar-refractivity contribution in [3.63, 3.8) is 0 Å². The highest BCUT2D eigenvalue weighted by molar-refractivity contribution is 8.13. The third kappa shape index (κ3) is 20.4. The summed E-state index contributed by atoms with van der Waals surface area (Å²) in [4.78, 5) is 25.2. The smallest absolute Gasteiger partial charge is 0.374 e. The van der Waals surface area contributed by atoms with E-state index in [2.05, 4.69) is 13.8 Å². The second-order valence-corrected chi connectivity index (χ2v) is 17.8. The van der Waals surface area contributed by atoms with E-state index in [0.717, 1.165) is 62.5 Å². The summed E-state index contributed by atoms with van der Waals surface area (Å²) in [6.45, 7) is 12.5. The van der Waals surface area contributed by atoms with Gasteiger partial charge in [0.25, 0.3) is 0 Å². The van der Waals surface area contributed by atoms with Crippen LogP contribution in [0.15, 0.2) is 0 Å². The van der Waals surface area contributed by atoms with Crippen molar-refractivity contribution >= 4 is 42.6 Å². The van der Waals surface area contributed by atoms with Crippen LogP contribution in [0.25, 0.3) is 0 Å². The molecular weight excluding hydrogens is 605 g/mol. The SMILES string of the molecule is CCCCCCCCC(=O)SCCC1CCC(CC[Si](OCC)(OCC)OCC)CC1CCSC(=O)CCCCCCCC. The van der Waals surface area contributed by atoms with E-state index in [9.17, 15) is 9.59 Å². The van der Waals surface area contributed by atoms with Crippen LogP contribution >= 0.6 is 23.5 Å². The van der Waals surface area contributed by atoms with Gasteiger partial charge in [-0.3, -0.25) is 9.59 Å². The maximum Gasteiger partial charge on any atom is 0.500 e. The molecule has 3 atom stereocenters. The van der Waals surface area contributed by atoms with Gasteiger partial charge >= 0.3 is 8.80 Å². The zero-order chi connectivity index (χ0) is 32.3. The van der Waals surface area contributed by atoms with E-state index in [0.29, 0.717) is 47.8 Å². The maximum atomic E-state index is 12.6. The zero-order valence-electron chi connectivity index (χ0n) is 29.5. The Morgan fingerprint density at radius 3 is 1.52 bits per heavy atom. The third-order valence-electron chi connectivity index (χ3n) is 9.17. The van der Waals surface area contributed by atoms with E-state index < -0.39 is 8.80 Å². The minimum atomic E-state index is -2.63. The highest BCUT2D eigenvalue weighted by Gasteiger charge is 2.41.